The van der Waals surface area contributed by atoms with E-state index in [1.54, 1.807) is 24.3 Å². The highest BCUT2D eigenvalue weighted by atomic mass is 15.0. The Morgan fingerprint density at radius 3 is 1.10 bits per heavy atom. The van der Waals surface area contributed by atoms with Crippen LogP contribution in [0.1, 0.15) is 11.1 Å². The summed E-state index contributed by atoms with van der Waals surface area (Å²) in [6.07, 6.45) is 0. The number of aromatic nitrogens is 3. The van der Waals surface area contributed by atoms with Gasteiger partial charge in [0.05, 0.1) is 23.3 Å². The molecule has 52 heavy (non-hydrogen) atoms. The molecule has 240 valence electrons. The molecule has 5 nitrogen and oxygen atoms in total. The van der Waals surface area contributed by atoms with Crippen molar-refractivity contribution in [1.82, 2.24) is 15.0 Å². The van der Waals surface area contributed by atoms with Crippen LogP contribution in [0.5, 0.6) is 0 Å². The van der Waals surface area contributed by atoms with Crippen molar-refractivity contribution in [2.24, 2.45) is 0 Å². The van der Waals surface area contributed by atoms with Crippen LogP contribution < -0.4 is 0 Å². The molecule has 0 saturated carbocycles. The summed E-state index contributed by atoms with van der Waals surface area (Å²) in [4.78, 5) is 14.6. The van der Waals surface area contributed by atoms with E-state index in [2.05, 4.69) is 115 Å². The number of benzene rings is 8. The van der Waals surface area contributed by atoms with E-state index in [0.29, 0.717) is 28.6 Å². The predicted octanol–water partition coefficient (Wildman–Crippen LogP) is 11.4. The second-order valence-electron chi connectivity index (χ2n) is 12.7. The Labute approximate surface area is 300 Å². The van der Waals surface area contributed by atoms with Crippen LogP contribution in [0.15, 0.2) is 164 Å². The molecule has 0 aliphatic rings. The minimum Gasteiger partial charge on any atom is -0.208 e. The molecule has 0 atom stereocenters. The van der Waals surface area contributed by atoms with Crippen molar-refractivity contribution in [1.29, 1.82) is 10.5 Å². The average Bonchev–Trinajstić information content (AvgIpc) is 3.23. The maximum atomic E-state index is 9.33. The first kappa shape index (κ1) is 30.6. The van der Waals surface area contributed by atoms with E-state index in [1.807, 2.05) is 36.4 Å². The Bertz CT molecular complexity index is 2800. The van der Waals surface area contributed by atoms with Gasteiger partial charge in [0.15, 0.2) is 17.5 Å². The Balaban J connectivity index is 1.13. The van der Waals surface area contributed by atoms with Gasteiger partial charge in [-0.3, -0.25) is 0 Å². The highest BCUT2D eigenvalue weighted by molar-refractivity contribution is 6.25. The molecule has 5 heteroatoms. The topological polar surface area (TPSA) is 86.2 Å². The van der Waals surface area contributed by atoms with Crippen molar-refractivity contribution >= 4 is 32.3 Å². The summed E-state index contributed by atoms with van der Waals surface area (Å²) < 4.78 is 0. The summed E-state index contributed by atoms with van der Waals surface area (Å²) in [5, 5.41) is 26.2. The van der Waals surface area contributed by atoms with Crippen molar-refractivity contribution < 1.29 is 0 Å². The molecule has 0 fully saturated rings. The molecule has 0 unspecified atom stereocenters. The molecule has 0 saturated heterocycles. The van der Waals surface area contributed by atoms with Gasteiger partial charge in [0.25, 0.3) is 0 Å². The van der Waals surface area contributed by atoms with Crippen LogP contribution in [-0.4, -0.2) is 15.0 Å². The van der Waals surface area contributed by atoms with E-state index < -0.39 is 0 Å². The number of hydrogen-bond acceptors (Lipinski definition) is 5. The SMILES string of the molecule is N#Cc1ccc(-c2nc(-c3ccc(C#N)cc3)nc(-c3cccc(-c4cccc(-c5ccc6c7ccccc7c7ccccc7c6c5)c4)c3)n2)cc1. The van der Waals surface area contributed by atoms with E-state index in [-0.39, 0.29) is 0 Å². The summed E-state index contributed by atoms with van der Waals surface area (Å²) in [7, 11) is 0. The molecule has 1 aromatic heterocycles. The highest BCUT2D eigenvalue weighted by Gasteiger charge is 2.14. The maximum Gasteiger partial charge on any atom is 0.164 e. The van der Waals surface area contributed by atoms with Gasteiger partial charge in [0, 0.05) is 16.7 Å². The largest absolute Gasteiger partial charge is 0.208 e. The van der Waals surface area contributed by atoms with Crippen LogP contribution in [0.25, 0.3) is 88.7 Å². The molecule has 0 aliphatic carbocycles. The Hall–Kier alpha value is -7.47. The van der Waals surface area contributed by atoms with E-state index in [9.17, 15) is 10.5 Å². The molecule has 0 aliphatic heterocycles. The molecule has 9 rings (SSSR count). The number of hydrogen-bond donors (Lipinski definition) is 0. The lowest BCUT2D eigenvalue weighted by Crippen LogP contribution is -2.00. The number of nitrogens with zero attached hydrogens (tertiary/aromatic N) is 5. The van der Waals surface area contributed by atoms with Crippen molar-refractivity contribution in [3.05, 3.63) is 175 Å². The Morgan fingerprint density at radius 2 is 0.635 bits per heavy atom. The number of fused-ring (bicyclic) bond motifs is 6. The second kappa shape index (κ2) is 12.8. The van der Waals surface area contributed by atoms with E-state index >= 15 is 0 Å². The van der Waals surface area contributed by atoms with Gasteiger partial charge >= 0.3 is 0 Å². The quantitative estimate of drug-likeness (QED) is 0.171. The zero-order valence-corrected chi connectivity index (χ0v) is 27.8. The lowest BCUT2D eigenvalue weighted by atomic mass is 9.91. The molecule has 1 heterocycles. The van der Waals surface area contributed by atoms with Gasteiger partial charge in [0.2, 0.25) is 0 Å². The van der Waals surface area contributed by atoms with Crippen LogP contribution in [0.4, 0.5) is 0 Å². The average molecular weight is 662 g/mol. The molecule has 0 radical (unpaired) electrons. The standard InChI is InChI=1S/C47H27N5/c48-28-30-15-19-32(20-16-30)45-50-46(33-21-17-31(29-49)18-22-33)52-47(51-45)38-10-6-9-36(26-38)34-7-5-8-35(25-34)37-23-24-43-41-13-2-1-11-39(41)40-12-3-4-14-42(40)44(43)27-37/h1-27H. The molecule has 0 spiro atoms. The van der Waals surface area contributed by atoms with Crippen LogP contribution >= 0.6 is 0 Å². The summed E-state index contributed by atoms with van der Waals surface area (Å²) in [5.74, 6) is 1.52. The van der Waals surface area contributed by atoms with Gasteiger partial charge in [0.1, 0.15) is 0 Å². The predicted molar refractivity (Wildman–Crippen MR) is 209 cm³/mol. The molecule has 9 aromatic rings. The summed E-state index contributed by atoms with van der Waals surface area (Å²) in [6, 6.07) is 59.7. The van der Waals surface area contributed by atoms with E-state index in [1.165, 1.54) is 32.3 Å². The highest BCUT2D eigenvalue weighted by Crippen LogP contribution is 2.38. The van der Waals surface area contributed by atoms with Crippen molar-refractivity contribution in [3.63, 3.8) is 0 Å². The fraction of sp³-hybridized carbons (Fsp3) is 0. The van der Waals surface area contributed by atoms with E-state index in [4.69, 9.17) is 15.0 Å². The number of nitriles is 2. The van der Waals surface area contributed by atoms with Crippen molar-refractivity contribution in [2.75, 3.05) is 0 Å². The van der Waals surface area contributed by atoms with Crippen LogP contribution in [0.3, 0.4) is 0 Å². The van der Waals surface area contributed by atoms with E-state index in [0.717, 1.165) is 38.9 Å². The Morgan fingerprint density at radius 1 is 0.288 bits per heavy atom. The summed E-state index contributed by atoms with van der Waals surface area (Å²) in [5.41, 5.74) is 7.93. The number of rotatable bonds is 5. The lowest BCUT2D eigenvalue weighted by molar-refractivity contribution is 1.07. The molecule has 0 amide bonds. The third-order valence-electron chi connectivity index (χ3n) is 9.57. The molecule has 0 bridgehead atoms. The van der Waals surface area contributed by atoms with Gasteiger partial charge in [-0.25, -0.2) is 15.0 Å². The third kappa shape index (κ3) is 5.50. The minimum absolute atomic E-state index is 0.498. The zero-order valence-electron chi connectivity index (χ0n) is 27.8. The lowest BCUT2D eigenvalue weighted by Gasteiger charge is -2.13. The molecule has 0 N–H and O–H groups in total. The summed E-state index contributed by atoms with van der Waals surface area (Å²) in [6.45, 7) is 0. The van der Waals surface area contributed by atoms with Crippen LogP contribution in [-0.2, 0) is 0 Å². The summed E-state index contributed by atoms with van der Waals surface area (Å²) >= 11 is 0. The monoisotopic (exact) mass is 661 g/mol. The smallest absolute Gasteiger partial charge is 0.164 e. The fourth-order valence-electron chi connectivity index (χ4n) is 6.95. The van der Waals surface area contributed by atoms with Gasteiger partial charge < -0.3 is 0 Å². The zero-order chi connectivity index (χ0) is 35.0. The van der Waals surface area contributed by atoms with Gasteiger partial charge in [-0.15, -0.1) is 0 Å². The second-order valence-corrected chi connectivity index (χ2v) is 12.7. The fourth-order valence-corrected chi connectivity index (χ4v) is 6.95. The first-order valence-electron chi connectivity index (χ1n) is 17.0. The molecular weight excluding hydrogens is 635 g/mol. The van der Waals surface area contributed by atoms with Gasteiger partial charge in [-0.1, -0.05) is 97.1 Å². The van der Waals surface area contributed by atoms with Gasteiger partial charge in [-0.05, 0) is 121 Å². The van der Waals surface area contributed by atoms with Gasteiger partial charge in [-0.2, -0.15) is 10.5 Å². The normalized spacial score (nSPS) is 11.0. The third-order valence-corrected chi connectivity index (χ3v) is 9.57. The Kier molecular flexibility index (Phi) is 7.51. The van der Waals surface area contributed by atoms with Crippen molar-refractivity contribution in [2.45, 2.75) is 0 Å². The first-order valence-corrected chi connectivity index (χ1v) is 17.0. The molecule has 8 aromatic carbocycles. The molecular formula is C47H27N5. The van der Waals surface area contributed by atoms with Crippen LogP contribution in [0.2, 0.25) is 0 Å². The minimum atomic E-state index is 0.498. The first-order chi connectivity index (χ1) is 25.6. The maximum absolute atomic E-state index is 9.33. The van der Waals surface area contributed by atoms with Crippen LogP contribution in [0, 0.1) is 22.7 Å². The van der Waals surface area contributed by atoms with Crippen molar-refractivity contribution in [3.8, 4) is 68.6 Å².